The second kappa shape index (κ2) is 10.1. The predicted molar refractivity (Wildman–Crippen MR) is 169 cm³/mol. The lowest BCUT2D eigenvalue weighted by molar-refractivity contribution is -0.236. The molecule has 2 atom stereocenters. The van der Waals surface area contributed by atoms with Crippen LogP contribution in [0.25, 0.3) is 5.70 Å². The van der Waals surface area contributed by atoms with Crippen molar-refractivity contribution in [3.8, 4) is 0 Å². The summed E-state index contributed by atoms with van der Waals surface area (Å²) in [5.41, 5.74) is 3.54. The molecule has 7 rings (SSSR count). The minimum atomic E-state index is -4.67. The molecule has 0 saturated heterocycles. The molecule has 222 valence electrons. The van der Waals surface area contributed by atoms with E-state index in [1.165, 1.54) is 24.0 Å². The summed E-state index contributed by atoms with van der Waals surface area (Å²) in [5, 5.41) is 0.609. The zero-order valence-electron chi connectivity index (χ0n) is 24.5. The Labute approximate surface area is 259 Å². The normalized spacial score (nSPS) is 22.6. The van der Waals surface area contributed by atoms with Crippen LogP contribution in [0.2, 0.25) is 0 Å². The number of aromatic nitrogens is 2. The van der Waals surface area contributed by atoms with Crippen molar-refractivity contribution in [1.29, 1.82) is 0 Å². The highest BCUT2D eigenvalue weighted by Crippen LogP contribution is 2.63. The van der Waals surface area contributed by atoms with Gasteiger partial charge in [-0.15, -0.1) is 17.7 Å². The smallest absolute Gasteiger partial charge is 0.496 e. The van der Waals surface area contributed by atoms with E-state index in [-0.39, 0.29) is 12.4 Å². The van der Waals surface area contributed by atoms with Gasteiger partial charge >= 0.3 is 12.2 Å². The van der Waals surface area contributed by atoms with Crippen LogP contribution < -0.4 is 4.48 Å². The Hall–Kier alpha value is -4.27. The highest BCUT2D eigenvalue weighted by atomic mass is 32.2. The number of hydrogen-bond acceptors (Lipinski definition) is 3. The molecule has 1 aromatic heterocycles. The summed E-state index contributed by atoms with van der Waals surface area (Å²) in [4.78, 5) is 4.63. The zero-order valence-corrected chi connectivity index (χ0v) is 25.4. The summed E-state index contributed by atoms with van der Waals surface area (Å²) in [6.45, 7) is 3.71. The summed E-state index contributed by atoms with van der Waals surface area (Å²) < 4.78 is 52.4. The minimum absolute atomic E-state index is 0.0804. The first kappa shape index (κ1) is 28.5. The Bertz CT molecular complexity index is 1760. The summed E-state index contributed by atoms with van der Waals surface area (Å²) >= 11 is 1.51. The van der Waals surface area contributed by atoms with Crippen LogP contribution >= 0.6 is 11.8 Å². The number of imidazole rings is 1. The fourth-order valence-corrected chi connectivity index (χ4v) is 8.91. The highest BCUT2D eigenvalue weighted by Gasteiger charge is 2.76. The third kappa shape index (κ3) is 3.67. The van der Waals surface area contributed by atoms with E-state index in [1.807, 2.05) is 68.4 Å². The lowest BCUT2D eigenvalue weighted by Gasteiger charge is -2.45. The van der Waals surface area contributed by atoms with Crippen LogP contribution in [0.15, 0.2) is 144 Å². The molecule has 1 aliphatic carbocycles. The maximum absolute atomic E-state index is 15.7. The number of allylic oxidation sites excluding steroid dienone is 3. The number of ether oxygens (including phenoxy) is 1. The van der Waals surface area contributed by atoms with Crippen molar-refractivity contribution in [3.63, 3.8) is 0 Å². The largest absolute Gasteiger partial charge is 0.574 e. The van der Waals surface area contributed by atoms with Crippen LogP contribution in [0.4, 0.5) is 19.1 Å². The second-order valence-corrected chi connectivity index (χ2v) is 12.6. The van der Waals surface area contributed by atoms with Crippen LogP contribution in [0.3, 0.4) is 0 Å². The van der Waals surface area contributed by atoms with E-state index in [2.05, 4.69) is 41.4 Å². The number of alkyl halides is 3. The standard InChI is InChI=1S/C36H31F3N3OS/c1-25-23-34-21-13-14-22-42(34,36(37,38)39)33-40-24-30(41(33)32(34)26(2)31(25)43-3)44-35(27-15-7-4-8-16-27,28-17-9-5-10-18-28)29-19-11-6-12-20-29/h4-22,24H,23H2,1-3H3/q+1. The molecular formula is C36H31F3N3OS+. The topological polar surface area (TPSA) is 27.1 Å². The molecule has 1 spiro atoms. The van der Waals surface area contributed by atoms with Gasteiger partial charge in [0.05, 0.1) is 18.1 Å². The molecule has 4 nitrogen and oxygen atoms in total. The molecule has 0 fully saturated rings. The van der Waals surface area contributed by atoms with Crippen LogP contribution in [0.1, 0.15) is 37.0 Å². The van der Waals surface area contributed by atoms with Gasteiger partial charge in [-0.05, 0) is 48.3 Å². The second-order valence-electron chi connectivity index (χ2n) is 11.4. The first-order chi connectivity index (χ1) is 21.2. The maximum Gasteiger partial charge on any atom is 0.574 e. The van der Waals surface area contributed by atoms with Crippen molar-refractivity contribution in [2.75, 3.05) is 7.11 Å². The van der Waals surface area contributed by atoms with Gasteiger partial charge in [0.25, 0.3) is 0 Å². The Balaban J connectivity index is 1.56. The minimum Gasteiger partial charge on any atom is -0.496 e. The van der Waals surface area contributed by atoms with Crippen LogP contribution in [-0.4, -0.2) is 28.5 Å². The molecule has 3 aromatic carbocycles. The van der Waals surface area contributed by atoms with E-state index in [0.717, 1.165) is 22.3 Å². The molecule has 8 heteroatoms. The van der Waals surface area contributed by atoms with Crippen molar-refractivity contribution in [2.45, 2.75) is 41.9 Å². The average Bonchev–Trinajstić information content (AvgIpc) is 3.55. The quantitative estimate of drug-likeness (QED) is 0.0943. The molecule has 3 aliphatic rings. The molecule has 4 aromatic rings. The fraction of sp³-hybridized carbons (Fsp3) is 0.194. The van der Waals surface area contributed by atoms with Gasteiger partial charge in [0, 0.05) is 12.0 Å². The number of methoxy groups -OCH3 is 1. The van der Waals surface area contributed by atoms with Gasteiger partial charge in [-0.3, -0.25) is 0 Å². The molecule has 0 bridgehead atoms. The highest BCUT2D eigenvalue weighted by molar-refractivity contribution is 8.00. The first-order valence-electron chi connectivity index (χ1n) is 14.4. The summed E-state index contributed by atoms with van der Waals surface area (Å²) in [7, 11) is 1.58. The number of halogens is 3. The average molecular weight is 611 g/mol. The molecule has 0 radical (unpaired) electrons. The summed E-state index contributed by atoms with van der Waals surface area (Å²) in [6, 6.07) is 30.4. The number of rotatable bonds is 6. The monoisotopic (exact) mass is 610 g/mol. The number of benzene rings is 3. The number of thioether (sulfide) groups is 1. The van der Waals surface area contributed by atoms with Crippen molar-refractivity contribution in [3.05, 3.63) is 155 Å². The first-order valence-corrected chi connectivity index (χ1v) is 15.3. The van der Waals surface area contributed by atoms with Crippen LogP contribution in [0, 0.1) is 0 Å². The van der Waals surface area contributed by atoms with E-state index in [1.54, 1.807) is 30.0 Å². The van der Waals surface area contributed by atoms with Crippen LogP contribution in [0.5, 0.6) is 0 Å². The fourth-order valence-electron chi connectivity index (χ4n) is 7.46. The van der Waals surface area contributed by atoms with E-state index < -0.39 is 21.1 Å². The lowest BCUT2D eigenvalue weighted by atomic mass is 9.77. The van der Waals surface area contributed by atoms with E-state index in [4.69, 9.17) is 4.74 Å². The van der Waals surface area contributed by atoms with Gasteiger partial charge in [-0.25, -0.2) is 4.57 Å². The summed E-state index contributed by atoms with van der Waals surface area (Å²) in [5.74, 6) is 0.537. The van der Waals surface area contributed by atoms with Gasteiger partial charge in [0.2, 0.25) is 0 Å². The molecule has 0 amide bonds. The molecule has 2 aliphatic heterocycles. The Morgan fingerprint density at radius 2 is 1.39 bits per heavy atom. The summed E-state index contributed by atoms with van der Waals surface area (Å²) in [6.07, 6.45) is 3.22. The van der Waals surface area contributed by atoms with Gasteiger partial charge in [0.1, 0.15) is 22.7 Å². The molecule has 0 N–H and O–H groups in total. The molecule has 44 heavy (non-hydrogen) atoms. The van der Waals surface area contributed by atoms with Crippen molar-refractivity contribution >= 4 is 23.4 Å². The molecule has 0 saturated carbocycles. The van der Waals surface area contributed by atoms with Crippen molar-refractivity contribution in [1.82, 2.24) is 14.0 Å². The van der Waals surface area contributed by atoms with Crippen molar-refractivity contribution < 1.29 is 17.9 Å². The predicted octanol–water partition coefficient (Wildman–Crippen LogP) is 9.19. The maximum atomic E-state index is 15.7. The molecule has 3 heterocycles. The zero-order chi connectivity index (χ0) is 30.7. The van der Waals surface area contributed by atoms with Crippen LogP contribution in [-0.2, 0) is 9.48 Å². The van der Waals surface area contributed by atoms with Gasteiger partial charge in [-0.2, -0.15) is 4.98 Å². The molecular weight excluding hydrogens is 579 g/mol. The lowest BCUT2D eigenvalue weighted by Crippen LogP contribution is -2.68. The third-order valence-corrected chi connectivity index (χ3v) is 10.6. The van der Waals surface area contributed by atoms with Gasteiger partial charge in [-0.1, -0.05) is 109 Å². The van der Waals surface area contributed by atoms with Gasteiger partial charge < -0.3 is 4.74 Å². The Morgan fingerprint density at radius 3 is 1.89 bits per heavy atom. The number of nitrogens with zero attached hydrogens (tertiary/aromatic N) is 3. The Morgan fingerprint density at radius 1 is 0.841 bits per heavy atom. The van der Waals surface area contributed by atoms with E-state index in [9.17, 15) is 0 Å². The van der Waals surface area contributed by atoms with E-state index in [0.29, 0.717) is 22.1 Å². The third-order valence-electron chi connectivity index (χ3n) is 9.10. The van der Waals surface area contributed by atoms with E-state index >= 15 is 13.2 Å². The molecule has 2 unspecified atom stereocenters. The number of hydrogen-bond donors (Lipinski definition) is 0. The SMILES string of the molecule is COC1=C(C)CC23C=CC=C[N+]2(C(F)(F)F)c2ncc(SC(c4ccccc4)(c4ccccc4)c4ccccc4)n2C3=C1C. The van der Waals surface area contributed by atoms with Crippen molar-refractivity contribution in [2.24, 2.45) is 0 Å². The number of quaternary nitrogens is 1. The Kier molecular flexibility index (Phi) is 6.57. The van der Waals surface area contributed by atoms with Gasteiger partial charge in [0.15, 0.2) is 5.54 Å². The number of fused-ring (bicyclic) bond motifs is 3.